The third-order valence-electron chi connectivity index (χ3n) is 2.53. The van der Waals surface area contributed by atoms with E-state index in [1.807, 2.05) is 30.5 Å². The van der Waals surface area contributed by atoms with E-state index in [-0.39, 0.29) is 19.2 Å². The molecule has 0 saturated heterocycles. The number of rotatable bonds is 6. The molecule has 20 heavy (non-hydrogen) atoms. The van der Waals surface area contributed by atoms with Crippen LogP contribution >= 0.6 is 11.8 Å². The summed E-state index contributed by atoms with van der Waals surface area (Å²) in [5.41, 5.74) is 0.803. The number of esters is 1. The fraction of sp³-hybridized carbons (Fsp3) is 0.286. The molecule has 1 aromatic carbocycles. The number of urea groups is 1. The number of hydrogen-bond acceptors (Lipinski definition) is 4. The van der Waals surface area contributed by atoms with Gasteiger partial charge in [0.1, 0.15) is 6.61 Å². The zero-order valence-electron chi connectivity index (χ0n) is 11.6. The number of anilines is 1. The molecular weight excluding hydrogens is 276 g/mol. The van der Waals surface area contributed by atoms with Gasteiger partial charge in [-0.2, -0.15) is 0 Å². The summed E-state index contributed by atoms with van der Waals surface area (Å²) in [4.78, 5) is 25.3. The number of amides is 2. The Balaban J connectivity index is 2.46. The molecule has 5 nitrogen and oxygen atoms in total. The first kappa shape index (κ1) is 16.1. The van der Waals surface area contributed by atoms with Crippen LogP contribution in [0.4, 0.5) is 10.5 Å². The summed E-state index contributed by atoms with van der Waals surface area (Å²) in [6.07, 6.45) is 3.06. The maximum absolute atomic E-state index is 11.9. The zero-order valence-corrected chi connectivity index (χ0v) is 12.4. The predicted molar refractivity (Wildman–Crippen MR) is 81.2 cm³/mol. The molecule has 0 aliphatic carbocycles. The van der Waals surface area contributed by atoms with Crippen molar-refractivity contribution < 1.29 is 14.3 Å². The van der Waals surface area contributed by atoms with Crippen molar-refractivity contribution in [1.82, 2.24) is 5.32 Å². The summed E-state index contributed by atoms with van der Waals surface area (Å²) in [6, 6.07) is 7.42. The molecule has 0 aliphatic heterocycles. The molecule has 1 N–H and O–H groups in total. The van der Waals surface area contributed by atoms with Crippen LogP contribution in [0.25, 0.3) is 0 Å². The molecule has 1 rings (SSSR count). The Kier molecular flexibility index (Phi) is 6.66. The van der Waals surface area contributed by atoms with Gasteiger partial charge in [-0.1, -0.05) is 12.6 Å². The molecule has 0 radical (unpaired) electrons. The van der Waals surface area contributed by atoms with E-state index in [2.05, 4.69) is 11.9 Å². The number of ether oxygens (including phenoxy) is 1. The second-order valence-corrected chi connectivity index (χ2v) is 4.74. The number of nitrogens with one attached hydrogen (secondary N) is 1. The topological polar surface area (TPSA) is 58.6 Å². The molecule has 2 amide bonds. The fourth-order valence-electron chi connectivity index (χ4n) is 1.42. The maximum Gasteiger partial charge on any atom is 0.330 e. The van der Waals surface area contributed by atoms with Crippen LogP contribution in [-0.2, 0) is 9.53 Å². The summed E-state index contributed by atoms with van der Waals surface area (Å²) in [5, 5.41) is 2.67. The lowest BCUT2D eigenvalue weighted by Gasteiger charge is -2.18. The van der Waals surface area contributed by atoms with Gasteiger partial charge in [0.2, 0.25) is 0 Å². The molecule has 0 fully saturated rings. The van der Waals surface area contributed by atoms with Crippen LogP contribution in [0.1, 0.15) is 0 Å². The minimum absolute atomic E-state index is 0.120. The van der Waals surface area contributed by atoms with Gasteiger partial charge in [0.15, 0.2) is 0 Å². The number of thioether (sulfide) groups is 1. The van der Waals surface area contributed by atoms with E-state index in [0.29, 0.717) is 0 Å². The van der Waals surface area contributed by atoms with E-state index in [9.17, 15) is 9.59 Å². The molecule has 0 heterocycles. The molecule has 0 spiro atoms. The van der Waals surface area contributed by atoms with Gasteiger partial charge < -0.3 is 10.1 Å². The van der Waals surface area contributed by atoms with Crippen LogP contribution in [0, 0.1) is 0 Å². The van der Waals surface area contributed by atoms with Crippen molar-refractivity contribution in [2.45, 2.75) is 4.90 Å². The third kappa shape index (κ3) is 4.97. The maximum atomic E-state index is 11.9. The number of carbonyl (C=O) groups excluding carboxylic acids is 2. The molecule has 1 aromatic rings. The summed E-state index contributed by atoms with van der Waals surface area (Å²) >= 11 is 1.61. The number of carbonyl (C=O) groups is 2. The highest BCUT2D eigenvalue weighted by Crippen LogP contribution is 2.21. The molecule has 0 unspecified atom stereocenters. The number of hydrogen-bond donors (Lipinski definition) is 1. The second-order valence-electron chi connectivity index (χ2n) is 3.86. The van der Waals surface area contributed by atoms with Crippen LogP contribution < -0.4 is 10.2 Å². The van der Waals surface area contributed by atoms with Crippen LogP contribution in [0.2, 0.25) is 0 Å². The van der Waals surface area contributed by atoms with Crippen molar-refractivity contribution >= 4 is 29.4 Å². The third-order valence-corrected chi connectivity index (χ3v) is 3.26. The highest BCUT2D eigenvalue weighted by Gasteiger charge is 2.10. The summed E-state index contributed by atoms with van der Waals surface area (Å²) in [6.45, 7) is 3.66. The highest BCUT2D eigenvalue weighted by molar-refractivity contribution is 7.98. The van der Waals surface area contributed by atoms with Crippen LogP contribution in [0.15, 0.2) is 41.8 Å². The Morgan fingerprint density at radius 2 is 2.25 bits per heavy atom. The summed E-state index contributed by atoms with van der Waals surface area (Å²) < 4.78 is 4.77. The predicted octanol–water partition coefficient (Wildman–Crippen LogP) is 2.28. The summed E-state index contributed by atoms with van der Waals surface area (Å²) in [5.74, 6) is -0.500. The van der Waals surface area contributed by atoms with E-state index >= 15 is 0 Å². The Hall–Kier alpha value is -1.95. The normalized spacial score (nSPS) is 9.70. The average molecular weight is 294 g/mol. The molecule has 0 atom stereocenters. The van der Waals surface area contributed by atoms with Gasteiger partial charge in [-0.25, -0.2) is 9.59 Å². The Bertz CT molecular complexity index is 491. The first-order valence-electron chi connectivity index (χ1n) is 6.03. The van der Waals surface area contributed by atoms with E-state index in [1.165, 1.54) is 4.90 Å². The van der Waals surface area contributed by atoms with Crippen molar-refractivity contribution in [1.29, 1.82) is 0 Å². The first-order chi connectivity index (χ1) is 9.58. The molecule has 0 saturated carbocycles. The largest absolute Gasteiger partial charge is 0.461 e. The van der Waals surface area contributed by atoms with E-state index in [4.69, 9.17) is 4.74 Å². The number of benzene rings is 1. The summed E-state index contributed by atoms with van der Waals surface area (Å²) in [7, 11) is 1.69. The molecule has 0 bridgehead atoms. The van der Waals surface area contributed by atoms with Gasteiger partial charge >= 0.3 is 12.0 Å². The van der Waals surface area contributed by atoms with Gasteiger partial charge in [0.05, 0.1) is 6.54 Å². The molecular formula is C14H18N2O3S. The standard InChI is InChI=1S/C14H18N2O3S/c1-4-13(17)19-9-8-15-14(18)16(2)11-6-5-7-12(10-11)20-3/h4-7,10H,1,8-9H2,2-3H3,(H,15,18). The quantitative estimate of drug-likeness (QED) is 0.378. The van der Waals surface area contributed by atoms with Crippen LogP contribution in [0.5, 0.6) is 0 Å². The lowest BCUT2D eigenvalue weighted by Crippen LogP contribution is -2.39. The molecule has 108 valence electrons. The highest BCUT2D eigenvalue weighted by atomic mass is 32.2. The smallest absolute Gasteiger partial charge is 0.330 e. The molecule has 0 aromatic heterocycles. The van der Waals surface area contributed by atoms with Crippen molar-refractivity contribution in [2.24, 2.45) is 0 Å². The number of nitrogens with zero attached hydrogens (tertiary/aromatic N) is 1. The van der Waals surface area contributed by atoms with Gasteiger partial charge in [-0.3, -0.25) is 4.90 Å². The Labute approximate surface area is 123 Å². The lowest BCUT2D eigenvalue weighted by atomic mass is 10.3. The van der Waals surface area contributed by atoms with Crippen LogP contribution in [-0.4, -0.2) is 38.5 Å². The van der Waals surface area contributed by atoms with Gasteiger partial charge in [0, 0.05) is 23.7 Å². The fourth-order valence-corrected chi connectivity index (χ4v) is 1.88. The van der Waals surface area contributed by atoms with Crippen LogP contribution in [0.3, 0.4) is 0 Å². The SMILES string of the molecule is C=CC(=O)OCCNC(=O)N(C)c1cccc(SC)c1. The van der Waals surface area contributed by atoms with Gasteiger partial charge in [-0.15, -0.1) is 11.8 Å². The minimum Gasteiger partial charge on any atom is -0.461 e. The monoisotopic (exact) mass is 294 g/mol. The lowest BCUT2D eigenvalue weighted by molar-refractivity contribution is -0.137. The van der Waals surface area contributed by atoms with E-state index < -0.39 is 5.97 Å². The van der Waals surface area contributed by atoms with Gasteiger partial charge in [0.25, 0.3) is 0 Å². The Morgan fingerprint density at radius 3 is 2.90 bits per heavy atom. The molecule has 0 aliphatic rings. The average Bonchev–Trinajstić information content (AvgIpc) is 2.50. The van der Waals surface area contributed by atoms with E-state index in [1.54, 1.807) is 18.8 Å². The van der Waals surface area contributed by atoms with E-state index in [0.717, 1.165) is 16.7 Å². The van der Waals surface area contributed by atoms with Crippen molar-refractivity contribution in [3.63, 3.8) is 0 Å². The zero-order chi connectivity index (χ0) is 15.0. The Morgan fingerprint density at radius 1 is 1.50 bits per heavy atom. The van der Waals surface area contributed by atoms with Gasteiger partial charge in [-0.05, 0) is 24.5 Å². The van der Waals surface area contributed by atoms with Crippen molar-refractivity contribution in [3.05, 3.63) is 36.9 Å². The van der Waals surface area contributed by atoms with Crippen molar-refractivity contribution in [3.8, 4) is 0 Å². The van der Waals surface area contributed by atoms with Crippen molar-refractivity contribution in [2.75, 3.05) is 31.4 Å². The minimum atomic E-state index is -0.500. The first-order valence-corrected chi connectivity index (χ1v) is 7.25. The second kappa shape index (κ2) is 8.27. The molecule has 6 heteroatoms.